The summed E-state index contributed by atoms with van der Waals surface area (Å²) in [6.07, 6.45) is 1.00. The number of fused-ring (bicyclic) bond motifs is 1. The van der Waals surface area contributed by atoms with Crippen molar-refractivity contribution in [3.63, 3.8) is 0 Å². The van der Waals surface area contributed by atoms with Crippen molar-refractivity contribution in [3.05, 3.63) is 24.3 Å². The second-order valence-electron chi connectivity index (χ2n) is 10.8. The lowest BCUT2D eigenvalue weighted by Crippen LogP contribution is -2.58. The zero-order chi connectivity index (χ0) is 26.3. The third-order valence-corrected chi connectivity index (χ3v) is 7.92. The molecule has 6 atom stereocenters. The third-order valence-electron chi connectivity index (χ3n) is 7.08. The van der Waals surface area contributed by atoms with E-state index in [2.05, 4.69) is 26.6 Å². The van der Waals surface area contributed by atoms with Crippen LogP contribution in [0.1, 0.15) is 47.0 Å². The van der Waals surface area contributed by atoms with Gasteiger partial charge in [0.05, 0.1) is 24.5 Å². The van der Waals surface area contributed by atoms with E-state index in [9.17, 15) is 19.5 Å². The summed E-state index contributed by atoms with van der Waals surface area (Å²) in [6.45, 7) is 8.43. The Kier molecular flexibility index (Phi) is 7.69. The number of halogens is 1. The number of hydrogen-bond donors (Lipinski definition) is 3. The molecule has 1 spiro atoms. The van der Waals surface area contributed by atoms with E-state index in [1.54, 1.807) is 29.2 Å². The fourth-order valence-electron chi connectivity index (χ4n) is 5.83. The molecule has 3 aliphatic rings. The van der Waals surface area contributed by atoms with Crippen LogP contribution in [0.15, 0.2) is 24.3 Å². The molecule has 3 aliphatic heterocycles. The van der Waals surface area contributed by atoms with E-state index in [-0.39, 0.29) is 29.2 Å². The molecule has 3 N–H and O–H groups in total. The van der Waals surface area contributed by atoms with Crippen molar-refractivity contribution in [1.82, 2.24) is 10.2 Å². The summed E-state index contributed by atoms with van der Waals surface area (Å²) in [4.78, 5) is 42.4. The minimum Gasteiger partial charge on any atom is -0.494 e. The van der Waals surface area contributed by atoms with Gasteiger partial charge in [-0.05, 0) is 71.2 Å². The quantitative estimate of drug-likeness (QED) is 0.313. The van der Waals surface area contributed by atoms with Crippen molar-refractivity contribution in [2.45, 2.75) is 75.1 Å². The lowest BCUT2D eigenvalue weighted by atomic mass is 9.70. The molecule has 3 heterocycles. The first-order valence-electron chi connectivity index (χ1n) is 12.6. The molecule has 198 valence electrons. The molecule has 3 unspecified atom stereocenters. The highest BCUT2D eigenvalue weighted by Crippen LogP contribution is 2.60. The Hall–Kier alpha value is -2.17. The van der Waals surface area contributed by atoms with E-state index in [1.807, 2.05) is 27.7 Å². The first-order valence-corrected chi connectivity index (χ1v) is 13.5. The molecule has 36 heavy (non-hydrogen) atoms. The largest absolute Gasteiger partial charge is 0.494 e. The maximum absolute atomic E-state index is 13.8. The number of benzene rings is 1. The van der Waals surface area contributed by atoms with Gasteiger partial charge >= 0.3 is 0 Å². The number of aliphatic hydroxyl groups excluding tert-OH is 1. The molecule has 1 aromatic carbocycles. The van der Waals surface area contributed by atoms with E-state index in [0.29, 0.717) is 43.9 Å². The van der Waals surface area contributed by atoms with Crippen LogP contribution in [0.3, 0.4) is 0 Å². The molecule has 3 saturated heterocycles. The summed E-state index contributed by atoms with van der Waals surface area (Å²) in [7, 11) is 0. The maximum atomic E-state index is 13.8. The number of rotatable bonds is 9. The number of anilines is 1. The van der Waals surface area contributed by atoms with Gasteiger partial charge in [-0.2, -0.15) is 0 Å². The van der Waals surface area contributed by atoms with Gasteiger partial charge in [-0.3, -0.25) is 14.4 Å². The highest BCUT2D eigenvalue weighted by Gasteiger charge is 2.76. The first-order chi connectivity index (χ1) is 17.0. The monoisotopic (exact) mass is 565 g/mol. The topological polar surface area (TPSA) is 117 Å². The Labute approximate surface area is 220 Å². The van der Waals surface area contributed by atoms with E-state index < -0.39 is 35.1 Å². The van der Waals surface area contributed by atoms with Gasteiger partial charge in [-0.15, -0.1) is 0 Å². The van der Waals surface area contributed by atoms with Crippen LogP contribution in [0.4, 0.5) is 5.69 Å². The number of nitrogens with zero attached hydrogens (tertiary/aromatic N) is 1. The standard InChI is InChI=1S/C26H36BrN3O6/c1-5-35-16-10-8-15(9-11-16)28-22(32)18-19-24(34)30(12-6-7-13-31)21(23(33)29-25(2,3)4)26(19)14-17(27)20(18)36-26/h8-11,17-21,31H,5-7,12-14H2,1-4H3,(H,28,32)(H,29,33)/t17?,18-,19-,20-,21?,26?/m0/s1. The Balaban J connectivity index is 1.63. The Morgan fingerprint density at radius 1 is 1.22 bits per heavy atom. The number of nitrogens with one attached hydrogen (secondary N) is 2. The number of aliphatic hydroxyl groups is 1. The maximum Gasteiger partial charge on any atom is 0.246 e. The highest BCUT2D eigenvalue weighted by atomic mass is 79.9. The molecule has 0 saturated carbocycles. The fraction of sp³-hybridized carbons (Fsp3) is 0.654. The minimum absolute atomic E-state index is 0.00458. The third kappa shape index (κ3) is 4.87. The van der Waals surface area contributed by atoms with Crippen LogP contribution in [-0.4, -0.2) is 75.6 Å². The van der Waals surface area contributed by atoms with Crippen molar-refractivity contribution in [2.75, 3.05) is 25.1 Å². The summed E-state index contributed by atoms with van der Waals surface area (Å²) in [5.74, 6) is -1.62. The van der Waals surface area contributed by atoms with Crippen molar-refractivity contribution >= 4 is 39.3 Å². The van der Waals surface area contributed by atoms with Crippen molar-refractivity contribution in [2.24, 2.45) is 11.8 Å². The van der Waals surface area contributed by atoms with Crippen LogP contribution in [0.25, 0.3) is 0 Å². The lowest BCUT2D eigenvalue weighted by molar-refractivity contribution is -0.142. The van der Waals surface area contributed by atoms with E-state index in [1.165, 1.54) is 0 Å². The summed E-state index contributed by atoms with van der Waals surface area (Å²) in [6, 6.07) is 6.23. The molecule has 9 nitrogen and oxygen atoms in total. The molecule has 10 heteroatoms. The van der Waals surface area contributed by atoms with Crippen LogP contribution in [0.2, 0.25) is 0 Å². The van der Waals surface area contributed by atoms with Gasteiger partial charge in [-0.1, -0.05) is 15.9 Å². The van der Waals surface area contributed by atoms with Crippen LogP contribution in [0, 0.1) is 11.8 Å². The molecule has 0 aromatic heterocycles. The summed E-state index contributed by atoms with van der Waals surface area (Å²) < 4.78 is 11.9. The molecule has 4 rings (SSSR count). The summed E-state index contributed by atoms with van der Waals surface area (Å²) in [5.41, 5.74) is -0.996. The van der Waals surface area contributed by atoms with Crippen LogP contribution in [0.5, 0.6) is 5.75 Å². The van der Waals surface area contributed by atoms with Gasteiger partial charge in [0.2, 0.25) is 17.7 Å². The number of carbonyl (C=O) groups is 3. The average molecular weight is 566 g/mol. The number of hydrogen-bond acceptors (Lipinski definition) is 6. The van der Waals surface area contributed by atoms with Crippen LogP contribution < -0.4 is 15.4 Å². The highest BCUT2D eigenvalue weighted by molar-refractivity contribution is 9.09. The van der Waals surface area contributed by atoms with Gasteiger partial charge in [0, 0.05) is 29.2 Å². The van der Waals surface area contributed by atoms with Gasteiger partial charge in [-0.25, -0.2) is 0 Å². The summed E-state index contributed by atoms with van der Waals surface area (Å²) in [5, 5.41) is 15.2. The molecule has 3 amide bonds. The van der Waals surface area contributed by atoms with Gasteiger partial charge in [0.1, 0.15) is 17.4 Å². The molecule has 3 fully saturated rings. The zero-order valence-corrected chi connectivity index (χ0v) is 22.8. The normalized spacial score (nSPS) is 30.9. The SMILES string of the molecule is CCOc1ccc(NC(=O)[C@H]2[C@H]3C(=O)N(CCCCO)C(C(=O)NC(C)(C)C)C34CC(Br)[C@@H]2O4)cc1. The van der Waals surface area contributed by atoms with E-state index in [4.69, 9.17) is 9.47 Å². The van der Waals surface area contributed by atoms with E-state index >= 15 is 0 Å². The van der Waals surface area contributed by atoms with Crippen LogP contribution in [-0.2, 0) is 19.1 Å². The van der Waals surface area contributed by atoms with Crippen molar-refractivity contribution in [3.8, 4) is 5.75 Å². The second-order valence-corrected chi connectivity index (χ2v) is 12.0. The Bertz CT molecular complexity index is 996. The van der Waals surface area contributed by atoms with Crippen molar-refractivity contribution in [1.29, 1.82) is 0 Å². The van der Waals surface area contributed by atoms with Gasteiger partial charge < -0.3 is 30.1 Å². The number of unbranched alkanes of at least 4 members (excludes halogenated alkanes) is 1. The number of alkyl halides is 1. The van der Waals surface area contributed by atoms with Gasteiger partial charge in [0.15, 0.2) is 0 Å². The fourth-order valence-corrected chi connectivity index (χ4v) is 6.77. The molecule has 1 aromatic rings. The van der Waals surface area contributed by atoms with Crippen LogP contribution >= 0.6 is 15.9 Å². The first kappa shape index (κ1) is 26.9. The Morgan fingerprint density at radius 2 is 1.92 bits per heavy atom. The average Bonchev–Trinajstić information content (AvgIpc) is 3.38. The lowest BCUT2D eigenvalue weighted by Gasteiger charge is -2.36. The number of amides is 3. The zero-order valence-electron chi connectivity index (χ0n) is 21.3. The number of likely N-dealkylation sites (tertiary alicyclic amines) is 1. The molecule has 0 aliphatic carbocycles. The number of ether oxygens (including phenoxy) is 2. The predicted octanol–water partition coefficient (Wildman–Crippen LogP) is 2.46. The second kappa shape index (κ2) is 10.3. The minimum atomic E-state index is -1.09. The predicted molar refractivity (Wildman–Crippen MR) is 138 cm³/mol. The molecule has 2 bridgehead atoms. The smallest absolute Gasteiger partial charge is 0.246 e. The molecular formula is C26H36BrN3O6. The Morgan fingerprint density at radius 3 is 2.53 bits per heavy atom. The molecule has 0 radical (unpaired) electrons. The number of carbonyl (C=O) groups excluding carboxylic acids is 3. The van der Waals surface area contributed by atoms with E-state index in [0.717, 1.165) is 0 Å². The van der Waals surface area contributed by atoms with Gasteiger partial charge in [0.25, 0.3) is 0 Å². The van der Waals surface area contributed by atoms with Crippen molar-refractivity contribution < 1.29 is 29.0 Å². The summed E-state index contributed by atoms with van der Waals surface area (Å²) >= 11 is 3.67. The molecular weight excluding hydrogens is 530 g/mol.